The highest BCUT2D eigenvalue weighted by molar-refractivity contribution is 5.95. The van der Waals surface area contributed by atoms with Gasteiger partial charge in [0.15, 0.2) is 5.78 Å². The second-order valence-corrected chi connectivity index (χ2v) is 7.32. The summed E-state index contributed by atoms with van der Waals surface area (Å²) in [5.41, 5.74) is 2.09. The predicted octanol–water partition coefficient (Wildman–Crippen LogP) is 5.06. The van der Waals surface area contributed by atoms with Gasteiger partial charge in [-0.2, -0.15) is 13.8 Å². The third-order valence-electron chi connectivity index (χ3n) is 5.28. The lowest BCUT2D eigenvalue weighted by atomic mass is 9.99. The van der Waals surface area contributed by atoms with E-state index in [0.29, 0.717) is 16.7 Å². The number of pyridine rings is 2. The highest BCUT2D eigenvalue weighted by Gasteiger charge is 2.18. The molecule has 0 aliphatic heterocycles. The summed E-state index contributed by atoms with van der Waals surface area (Å²) in [6.07, 6.45) is 1.78. The number of amides is 1. The van der Waals surface area contributed by atoms with Crippen LogP contribution in [0.15, 0.2) is 42.6 Å². The van der Waals surface area contributed by atoms with Crippen LogP contribution in [0.25, 0.3) is 11.1 Å². The van der Waals surface area contributed by atoms with Gasteiger partial charge in [0.2, 0.25) is 17.8 Å². The van der Waals surface area contributed by atoms with Gasteiger partial charge in [-0.15, -0.1) is 0 Å². The maximum Gasteiger partial charge on any atom is 0.226 e. The highest BCUT2D eigenvalue weighted by atomic mass is 19.1. The molecule has 5 nitrogen and oxygen atoms in total. The number of ketones is 1. The fourth-order valence-electron chi connectivity index (χ4n) is 3.34. The molecule has 2 heterocycles. The number of rotatable bonds is 7. The van der Waals surface area contributed by atoms with E-state index in [9.17, 15) is 22.8 Å². The Morgan fingerprint density at radius 1 is 1.03 bits per heavy atom. The minimum absolute atomic E-state index is 0.0171. The van der Waals surface area contributed by atoms with Crippen molar-refractivity contribution in [3.63, 3.8) is 0 Å². The number of hydrogen-bond donors (Lipinski definition) is 0. The van der Waals surface area contributed by atoms with Crippen LogP contribution >= 0.6 is 0 Å². The molecule has 0 aliphatic rings. The van der Waals surface area contributed by atoms with E-state index >= 15 is 0 Å². The van der Waals surface area contributed by atoms with Crippen molar-refractivity contribution in [3.05, 3.63) is 77.1 Å². The van der Waals surface area contributed by atoms with Crippen molar-refractivity contribution >= 4 is 17.4 Å². The number of halogens is 3. The van der Waals surface area contributed by atoms with E-state index in [0.717, 1.165) is 6.07 Å². The van der Waals surface area contributed by atoms with Crippen molar-refractivity contribution in [2.75, 3.05) is 11.9 Å². The summed E-state index contributed by atoms with van der Waals surface area (Å²) in [4.78, 5) is 32.8. The second-order valence-electron chi connectivity index (χ2n) is 7.32. The molecule has 0 saturated heterocycles. The molecule has 166 valence electrons. The largest absolute Gasteiger partial charge is 0.313 e. The van der Waals surface area contributed by atoms with Crippen LogP contribution in [0, 0.1) is 24.6 Å². The van der Waals surface area contributed by atoms with Gasteiger partial charge < -0.3 is 4.90 Å². The first-order chi connectivity index (χ1) is 15.2. The Kier molecular flexibility index (Phi) is 7.02. The Hall–Kier alpha value is -3.55. The Labute approximate surface area is 183 Å². The Morgan fingerprint density at radius 3 is 2.41 bits per heavy atom. The zero-order valence-corrected chi connectivity index (χ0v) is 18.0. The summed E-state index contributed by atoms with van der Waals surface area (Å²) in [6.45, 7) is 3.32. The predicted molar refractivity (Wildman–Crippen MR) is 115 cm³/mol. The van der Waals surface area contributed by atoms with Gasteiger partial charge >= 0.3 is 0 Å². The topological polar surface area (TPSA) is 63.2 Å². The molecule has 8 heteroatoms. The van der Waals surface area contributed by atoms with Gasteiger partial charge in [-0.25, -0.2) is 4.39 Å². The maximum atomic E-state index is 14.9. The smallest absolute Gasteiger partial charge is 0.226 e. The van der Waals surface area contributed by atoms with Gasteiger partial charge in [0.25, 0.3) is 0 Å². The van der Waals surface area contributed by atoms with Gasteiger partial charge in [-0.05, 0) is 48.7 Å². The number of benzene rings is 1. The summed E-state index contributed by atoms with van der Waals surface area (Å²) < 4.78 is 41.4. The first-order valence-electron chi connectivity index (χ1n) is 10.1. The number of hydrogen-bond acceptors (Lipinski definition) is 4. The monoisotopic (exact) mass is 441 g/mol. The van der Waals surface area contributed by atoms with Crippen LogP contribution < -0.4 is 4.90 Å². The third kappa shape index (κ3) is 4.85. The molecule has 0 unspecified atom stereocenters. The number of anilines is 1. The quantitative estimate of drug-likeness (QED) is 0.380. The Morgan fingerprint density at radius 2 is 1.78 bits per heavy atom. The second kappa shape index (κ2) is 9.72. The van der Waals surface area contributed by atoms with E-state index in [1.165, 1.54) is 36.3 Å². The van der Waals surface area contributed by atoms with Crippen LogP contribution in [0.1, 0.15) is 41.4 Å². The van der Waals surface area contributed by atoms with Crippen LogP contribution in [-0.2, 0) is 11.2 Å². The van der Waals surface area contributed by atoms with Crippen LogP contribution in [0.5, 0.6) is 0 Å². The first-order valence-corrected chi connectivity index (χ1v) is 10.1. The summed E-state index contributed by atoms with van der Waals surface area (Å²) in [7, 11) is 1.53. The van der Waals surface area contributed by atoms with E-state index in [4.69, 9.17) is 0 Å². The molecule has 1 amide bonds. The van der Waals surface area contributed by atoms with Crippen molar-refractivity contribution < 1.29 is 22.8 Å². The van der Waals surface area contributed by atoms with Gasteiger partial charge in [-0.3, -0.25) is 14.6 Å². The average molecular weight is 441 g/mol. The molecule has 0 bridgehead atoms. The third-order valence-corrected chi connectivity index (χ3v) is 5.28. The van der Waals surface area contributed by atoms with E-state index in [2.05, 4.69) is 9.97 Å². The van der Waals surface area contributed by atoms with Crippen molar-refractivity contribution in [3.8, 4) is 11.1 Å². The molecule has 0 saturated carbocycles. The van der Waals surface area contributed by atoms with Gasteiger partial charge in [0.05, 0.1) is 5.69 Å². The maximum absolute atomic E-state index is 14.9. The molecule has 0 N–H and O–H groups in total. The molecule has 0 spiro atoms. The van der Waals surface area contributed by atoms with Crippen LogP contribution in [0.4, 0.5) is 18.9 Å². The average Bonchev–Trinajstić information content (AvgIpc) is 2.79. The SMILES string of the molecule is CCC(=O)N(C)c1ccc(-c2ccc(C(=O)CCc3ccc(F)nc3F)nc2)c(C)c1F. The molecule has 0 radical (unpaired) electrons. The number of nitrogens with zero attached hydrogens (tertiary/aromatic N) is 3. The molecule has 32 heavy (non-hydrogen) atoms. The molecule has 1 aromatic carbocycles. The van der Waals surface area contributed by atoms with E-state index < -0.39 is 17.7 Å². The standard InChI is InChI=1S/C24H22F3N3O2/c1-4-22(32)30(3)19-10-8-17(14(2)23(19)26)16-5-9-18(28-13-16)20(31)11-6-15-7-12-21(25)29-24(15)27/h5,7-10,12-13H,4,6,11H2,1-3H3. The fraction of sp³-hybridized carbons (Fsp3) is 0.250. The Bertz CT molecular complexity index is 1160. The molecule has 3 aromatic rings. The number of Topliss-reactive ketones (excluding diaryl/α,β-unsaturated/α-hetero) is 1. The minimum atomic E-state index is -0.937. The lowest BCUT2D eigenvalue weighted by molar-refractivity contribution is -0.118. The zero-order valence-electron chi connectivity index (χ0n) is 18.0. The number of aromatic nitrogens is 2. The van der Waals surface area contributed by atoms with Crippen molar-refractivity contribution in [2.24, 2.45) is 0 Å². The van der Waals surface area contributed by atoms with E-state index in [-0.39, 0.29) is 47.9 Å². The molecule has 0 atom stereocenters. The van der Waals surface area contributed by atoms with E-state index in [1.54, 1.807) is 26.0 Å². The molecule has 3 rings (SSSR count). The molecule has 0 aliphatic carbocycles. The van der Waals surface area contributed by atoms with Crippen LogP contribution in [0.2, 0.25) is 0 Å². The van der Waals surface area contributed by atoms with E-state index in [1.807, 2.05) is 0 Å². The summed E-state index contributed by atoms with van der Waals surface area (Å²) in [5, 5.41) is 0. The number of aryl methyl sites for hydroxylation is 1. The summed E-state index contributed by atoms with van der Waals surface area (Å²) in [5.74, 6) is -2.86. The lowest BCUT2D eigenvalue weighted by Crippen LogP contribution is -2.26. The van der Waals surface area contributed by atoms with Crippen LogP contribution in [-0.4, -0.2) is 28.7 Å². The summed E-state index contributed by atoms with van der Waals surface area (Å²) >= 11 is 0. The Balaban J connectivity index is 1.75. The number of carbonyl (C=O) groups is 2. The van der Waals surface area contributed by atoms with Crippen LogP contribution in [0.3, 0.4) is 0 Å². The van der Waals surface area contributed by atoms with Gasteiger partial charge in [0, 0.05) is 37.2 Å². The minimum Gasteiger partial charge on any atom is -0.313 e. The summed E-state index contributed by atoms with van der Waals surface area (Å²) in [6, 6.07) is 8.72. The van der Waals surface area contributed by atoms with Crippen molar-refractivity contribution in [1.29, 1.82) is 0 Å². The highest BCUT2D eigenvalue weighted by Crippen LogP contribution is 2.31. The molecule has 0 fully saturated rings. The lowest BCUT2D eigenvalue weighted by Gasteiger charge is -2.19. The van der Waals surface area contributed by atoms with Gasteiger partial charge in [-0.1, -0.05) is 19.1 Å². The van der Waals surface area contributed by atoms with Crippen molar-refractivity contribution in [2.45, 2.75) is 33.1 Å². The molecule has 2 aromatic heterocycles. The normalized spacial score (nSPS) is 10.8. The van der Waals surface area contributed by atoms with Crippen molar-refractivity contribution in [1.82, 2.24) is 9.97 Å². The zero-order chi connectivity index (χ0) is 23.4. The molecular formula is C24H22F3N3O2. The fourth-order valence-corrected chi connectivity index (χ4v) is 3.34. The number of carbonyl (C=O) groups excluding carboxylic acids is 2. The first kappa shape index (κ1) is 23.1. The molecular weight excluding hydrogens is 419 g/mol. The van der Waals surface area contributed by atoms with Gasteiger partial charge in [0.1, 0.15) is 11.5 Å².